The van der Waals surface area contributed by atoms with E-state index in [-0.39, 0.29) is 41.6 Å². The van der Waals surface area contributed by atoms with Gasteiger partial charge in [0.2, 0.25) is 5.91 Å². The summed E-state index contributed by atoms with van der Waals surface area (Å²) in [4.78, 5) is 23.6. The van der Waals surface area contributed by atoms with Crippen LogP contribution in [0.5, 0.6) is 5.75 Å². The normalized spacial score (nSPS) is 19.4. The number of aromatic nitrogens is 1. The molecule has 2 fully saturated rings. The highest BCUT2D eigenvalue weighted by Gasteiger charge is 2.42. The molecule has 47 heavy (non-hydrogen) atoms. The number of amides is 1. The standard InChI is InChI=1S/C32H33F7N4O4/c1-30(2,18-8-19(31(34,35)36)10-20(9-18)32(37,38)39)29(46)41(3)26-13-40-28(12-25(26)24-5-4-21(33)11-27(24)45)43-15-23-17-47-7-6-42(23)14-22(43)16-44/h4-5,8-13,22-23,44-45H,6-7,14-17H2,1-3H3/t22-,23-/m0/s1. The summed E-state index contributed by atoms with van der Waals surface area (Å²) >= 11 is 0. The summed E-state index contributed by atoms with van der Waals surface area (Å²) in [6.07, 6.45) is -8.95. The maximum absolute atomic E-state index is 14.0. The van der Waals surface area contributed by atoms with E-state index in [1.165, 1.54) is 39.2 Å². The second-order valence-electron chi connectivity index (χ2n) is 12.2. The average Bonchev–Trinajstić information content (AvgIpc) is 3.02. The predicted octanol–water partition coefficient (Wildman–Crippen LogP) is 5.45. The van der Waals surface area contributed by atoms with Crippen molar-refractivity contribution in [3.8, 4) is 16.9 Å². The number of fused-ring (bicyclic) bond motifs is 1. The monoisotopic (exact) mass is 670 g/mol. The lowest BCUT2D eigenvalue weighted by Crippen LogP contribution is -2.63. The van der Waals surface area contributed by atoms with Gasteiger partial charge < -0.3 is 24.7 Å². The van der Waals surface area contributed by atoms with Gasteiger partial charge >= 0.3 is 12.4 Å². The molecule has 254 valence electrons. The molecule has 3 aromatic rings. The maximum Gasteiger partial charge on any atom is 0.416 e. The Morgan fingerprint density at radius 2 is 1.62 bits per heavy atom. The minimum absolute atomic E-state index is 0.00481. The van der Waals surface area contributed by atoms with E-state index in [1.54, 1.807) is 0 Å². The van der Waals surface area contributed by atoms with Crippen LogP contribution in [0.3, 0.4) is 0 Å². The Morgan fingerprint density at radius 3 is 2.21 bits per heavy atom. The van der Waals surface area contributed by atoms with Gasteiger partial charge in [0.15, 0.2) is 0 Å². The van der Waals surface area contributed by atoms with E-state index in [4.69, 9.17) is 4.74 Å². The molecule has 8 nitrogen and oxygen atoms in total. The maximum atomic E-state index is 14.0. The van der Waals surface area contributed by atoms with Crippen molar-refractivity contribution < 1.29 is 50.5 Å². The molecule has 15 heteroatoms. The molecule has 1 aromatic heterocycles. The number of hydrogen-bond donors (Lipinski definition) is 2. The van der Waals surface area contributed by atoms with Gasteiger partial charge in [0, 0.05) is 43.9 Å². The van der Waals surface area contributed by atoms with Crippen LogP contribution in [-0.4, -0.2) is 84.6 Å². The number of hydrogen-bond acceptors (Lipinski definition) is 7. The number of aliphatic hydroxyl groups excluding tert-OH is 1. The third-order valence-corrected chi connectivity index (χ3v) is 8.78. The number of halogens is 7. The highest BCUT2D eigenvalue weighted by atomic mass is 19.4. The van der Waals surface area contributed by atoms with Crippen LogP contribution in [0.2, 0.25) is 0 Å². The number of morpholine rings is 1. The SMILES string of the molecule is CN(C(=O)C(C)(C)c1cc(C(F)(F)F)cc(C(F)(F)F)c1)c1cnc(N2C[C@H]3COCCN3C[C@H]2CO)cc1-c1ccc(F)cc1O. The quantitative estimate of drug-likeness (QED) is 0.337. The summed E-state index contributed by atoms with van der Waals surface area (Å²) in [5, 5.41) is 21.0. The lowest BCUT2D eigenvalue weighted by Gasteiger charge is -2.48. The first kappa shape index (κ1) is 34.4. The first-order valence-electron chi connectivity index (χ1n) is 14.7. The summed E-state index contributed by atoms with van der Waals surface area (Å²) in [5.41, 5.74) is -5.26. The van der Waals surface area contributed by atoms with Crippen molar-refractivity contribution in [3.63, 3.8) is 0 Å². The van der Waals surface area contributed by atoms with Crippen LogP contribution >= 0.6 is 0 Å². The highest BCUT2D eigenvalue weighted by Crippen LogP contribution is 2.42. The van der Waals surface area contributed by atoms with Crippen molar-refractivity contribution in [1.82, 2.24) is 9.88 Å². The number of likely N-dealkylation sites (N-methyl/N-ethyl adjacent to an activating group) is 1. The number of carbonyl (C=O) groups is 1. The predicted molar refractivity (Wildman–Crippen MR) is 159 cm³/mol. The van der Waals surface area contributed by atoms with E-state index in [0.717, 1.165) is 17.0 Å². The Kier molecular flexibility index (Phi) is 9.20. The molecule has 0 aliphatic carbocycles. The van der Waals surface area contributed by atoms with Crippen LogP contribution in [0.25, 0.3) is 11.1 Å². The fraction of sp³-hybridized carbons (Fsp3) is 0.438. The third kappa shape index (κ3) is 6.87. The molecule has 0 unspecified atom stereocenters. The van der Waals surface area contributed by atoms with Gasteiger partial charge in [-0.05, 0) is 55.8 Å². The molecule has 2 aromatic carbocycles. The average molecular weight is 671 g/mol. The summed E-state index contributed by atoms with van der Waals surface area (Å²) in [6, 6.07) is 5.39. The van der Waals surface area contributed by atoms with E-state index in [9.17, 15) is 45.7 Å². The first-order valence-corrected chi connectivity index (χ1v) is 14.7. The molecule has 0 spiro atoms. The van der Waals surface area contributed by atoms with Gasteiger partial charge in [-0.15, -0.1) is 0 Å². The second kappa shape index (κ2) is 12.6. The van der Waals surface area contributed by atoms with Gasteiger partial charge in [-0.3, -0.25) is 9.69 Å². The molecule has 0 bridgehead atoms. The number of phenolic OH excluding ortho intramolecular Hbond substituents is 1. The summed E-state index contributed by atoms with van der Waals surface area (Å²) in [6.45, 7) is 4.83. The molecule has 5 rings (SSSR count). The van der Waals surface area contributed by atoms with E-state index >= 15 is 0 Å². The van der Waals surface area contributed by atoms with Crippen molar-refractivity contribution in [1.29, 1.82) is 0 Å². The lowest BCUT2D eigenvalue weighted by atomic mass is 9.81. The van der Waals surface area contributed by atoms with E-state index in [0.29, 0.717) is 50.8 Å². The van der Waals surface area contributed by atoms with Crippen LogP contribution in [0, 0.1) is 5.82 Å². The Bertz CT molecular complexity index is 1610. The molecule has 1 amide bonds. The third-order valence-electron chi connectivity index (χ3n) is 8.78. The number of pyridine rings is 1. The largest absolute Gasteiger partial charge is 0.507 e. The number of piperazine rings is 1. The number of rotatable bonds is 6. The Balaban J connectivity index is 1.59. The number of anilines is 2. The Hall–Kier alpha value is -3.95. The minimum atomic E-state index is -5.12. The lowest BCUT2D eigenvalue weighted by molar-refractivity contribution is -0.143. The molecule has 3 heterocycles. The first-order chi connectivity index (χ1) is 21.9. The molecular weight excluding hydrogens is 637 g/mol. The molecule has 0 radical (unpaired) electrons. The molecule has 0 saturated carbocycles. The van der Waals surface area contributed by atoms with Gasteiger partial charge in [-0.1, -0.05) is 0 Å². The molecule has 2 aliphatic heterocycles. The van der Waals surface area contributed by atoms with Crippen LogP contribution in [0.4, 0.5) is 42.2 Å². The van der Waals surface area contributed by atoms with E-state index in [1.807, 2.05) is 4.90 Å². The van der Waals surface area contributed by atoms with Crippen molar-refractivity contribution in [2.24, 2.45) is 0 Å². The summed E-state index contributed by atoms with van der Waals surface area (Å²) in [5.74, 6) is -1.76. The van der Waals surface area contributed by atoms with E-state index in [2.05, 4.69) is 9.88 Å². The van der Waals surface area contributed by atoms with Gasteiger partial charge in [0.05, 0.1) is 60.3 Å². The van der Waals surface area contributed by atoms with Gasteiger partial charge in [0.1, 0.15) is 17.4 Å². The number of nitrogens with zero attached hydrogens (tertiary/aromatic N) is 4. The zero-order chi connectivity index (χ0) is 34.5. The number of ether oxygens (including phenoxy) is 1. The topological polar surface area (TPSA) is 89.4 Å². The minimum Gasteiger partial charge on any atom is -0.507 e. The molecule has 2 atom stereocenters. The van der Waals surface area contributed by atoms with Crippen molar-refractivity contribution >= 4 is 17.4 Å². The summed E-state index contributed by atoms with van der Waals surface area (Å²) < 4.78 is 101. The van der Waals surface area contributed by atoms with Crippen LogP contribution in [0.1, 0.15) is 30.5 Å². The number of benzene rings is 2. The molecule has 2 aliphatic rings. The number of phenols is 1. The Morgan fingerprint density at radius 1 is 0.979 bits per heavy atom. The van der Waals surface area contributed by atoms with Crippen LogP contribution < -0.4 is 9.80 Å². The second-order valence-corrected chi connectivity index (χ2v) is 12.2. The Labute approximate surface area is 266 Å². The fourth-order valence-corrected chi connectivity index (χ4v) is 6.06. The number of aromatic hydroxyl groups is 1. The molecule has 2 saturated heterocycles. The van der Waals surface area contributed by atoms with Gasteiger partial charge in [-0.2, -0.15) is 26.3 Å². The van der Waals surface area contributed by atoms with Crippen LogP contribution in [-0.2, 0) is 27.3 Å². The number of alkyl halides is 6. The van der Waals surface area contributed by atoms with Crippen molar-refractivity contribution in [2.45, 2.75) is 43.7 Å². The van der Waals surface area contributed by atoms with Gasteiger partial charge in [-0.25, -0.2) is 9.37 Å². The summed E-state index contributed by atoms with van der Waals surface area (Å²) in [7, 11) is 1.28. The van der Waals surface area contributed by atoms with Crippen LogP contribution in [0.15, 0.2) is 48.7 Å². The van der Waals surface area contributed by atoms with Gasteiger partial charge in [0.25, 0.3) is 0 Å². The number of aliphatic hydroxyl groups is 1. The number of carbonyl (C=O) groups excluding carboxylic acids is 1. The highest BCUT2D eigenvalue weighted by molar-refractivity contribution is 6.03. The zero-order valence-electron chi connectivity index (χ0n) is 25.7. The van der Waals surface area contributed by atoms with Crippen molar-refractivity contribution in [3.05, 3.63) is 71.2 Å². The fourth-order valence-electron chi connectivity index (χ4n) is 6.06. The molecule has 2 N–H and O–H groups in total. The smallest absolute Gasteiger partial charge is 0.416 e. The molecular formula is C32H33F7N4O4. The van der Waals surface area contributed by atoms with Crippen molar-refractivity contribution in [2.75, 3.05) is 56.3 Å². The van der Waals surface area contributed by atoms with E-state index < -0.39 is 51.9 Å². The zero-order valence-corrected chi connectivity index (χ0v) is 25.7.